The Morgan fingerprint density at radius 2 is 1.62 bits per heavy atom. The second-order valence-corrected chi connectivity index (χ2v) is 4.93. The summed E-state index contributed by atoms with van der Waals surface area (Å²) in [7, 11) is 0. The summed E-state index contributed by atoms with van der Waals surface area (Å²) in [4.78, 5) is 10.3. The van der Waals surface area contributed by atoms with Crippen molar-refractivity contribution in [2.45, 2.75) is 63.4 Å². The number of aliphatic hydroxyl groups excluding tert-OH is 4. The van der Waals surface area contributed by atoms with Gasteiger partial charge in [0, 0.05) is 6.54 Å². The number of rotatable bonds is 12. The molecule has 0 bridgehead atoms. The van der Waals surface area contributed by atoms with E-state index in [1.165, 1.54) is 6.42 Å². The van der Waals surface area contributed by atoms with Crippen molar-refractivity contribution in [3.05, 3.63) is 0 Å². The van der Waals surface area contributed by atoms with E-state index in [2.05, 4.69) is 12.2 Å². The van der Waals surface area contributed by atoms with E-state index in [9.17, 15) is 25.2 Å². The van der Waals surface area contributed by atoms with Crippen LogP contribution in [-0.4, -0.2) is 63.9 Å². The van der Waals surface area contributed by atoms with E-state index in [1.807, 2.05) is 0 Å². The standard InChI is InChI=1S/C13H27NO6.Na/c1-2-3-4-5-6-7-14-8-9(15)10(16)11(17)12(18)13(19)20;/h9-12,14-18H,2-8H2,1H3,(H,19,20);/q;+1/p-1/t9-,10+,11-,12-;/m0./s1. The molecule has 21 heavy (non-hydrogen) atoms. The van der Waals surface area contributed by atoms with Gasteiger partial charge in [-0.25, -0.2) is 0 Å². The number of hydrogen-bond donors (Lipinski definition) is 5. The van der Waals surface area contributed by atoms with Gasteiger partial charge in [0.05, 0.1) is 12.1 Å². The number of nitrogens with one attached hydrogen (secondary N) is 1. The van der Waals surface area contributed by atoms with Gasteiger partial charge in [-0.15, -0.1) is 0 Å². The molecular weight excluding hydrogens is 289 g/mol. The maximum absolute atomic E-state index is 10.3. The molecule has 0 spiro atoms. The number of unbranched alkanes of at least 4 members (excludes halogenated alkanes) is 4. The van der Waals surface area contributed by atoms with Crippen LogP contribution in [0, 0.1) is 0 Å². The molecule has 0 heterocycles. The van der Waals surface area contributed by atoms with Gasteiger partial charge in [0.1, 0.15) is 18.3 Å². The van der Waals surface area contributed by atoms with Crippen LogP contribution in [0.15, 0.2) is 0 Å². The number of carboxylic acid groups (broad SMARTS) is 1. The summed E-state index contributed by atoms with van der Waals surface area (Å²) in [5.41, 5.74) is 0. The molecule has 0 amide bonds. The van der Waals surface area contributed by atoms with Gasteiger partial charge < -0.3 is 35.6 Å². The van der Waals surface area contributed by atoms with Crippen molar-refractivity contribution in [3.63, 3.8) is 0 Å². The predicted octanol–water partition coefficient (Wildman–Crippen LogP) is -5.26. The van der Waals surface area contributed by atoms with E-state index < -0.39 is 30.4 Å². The van der Waals surface area contributed by atoms with Gasteiger partial charge in [0.15, 0.2) is 0 Å². The first kappa shape index (κ1) is 23.5. The zero-order chi connectivity index (χ0) is 15.5. The molecule has 0 aromatic rings. The van der Waals surface area contributed by atoms with Crippen LogP contribution in [0.25, 0.3) is 0 Å². The van der Waals surface area contributed by atoms with Crippen LogP contribution in [0.1, 0.15) is 39.0 Å². The molecule has 0 saturated carbocycles. The normalized spacial score (nSPS) is 16.6. The molecule has 7 nitrogen and oxygen atoms in total. The molecule has 0 aliphatic carbocycles. The Bertz CT molecular complexity index is 269. The summed E-state index contributed by atoms with van der Waals surface area (Å²) in [6, 6.07) is 0. The van der Waals surface area contributed by atoms with Crippen LogP contribution >= 0.6 is 0 Å². The summed E-state index contributed by atoms with van der Waals surface area (Å²) < 4.78 is 0. The Kier molecular flexibility index (Phi) is 15.6. The molecule has 5 N–H and O–H groups in total. The van der Waals surface area contributed by atoms with Gasteiger partial charge in [0.2, 0.25) is 0 Å². The van der Waals surface area contributed by atoms with Crippen LogP contribution < -0.4 is 40.0 Å². The number of hydrogen-bond acceptors (Lipinski definition) is 7. The monoisotopic (exact) mass is 315 g/mol. The number of aliphatic hydroxyl groups is 4. The third kappa shape index (κ3) is 10.6. The maximum atomic E-state index is 10.3. The van der Waals surface area contributed by atoms with E-state index in [1.54, 1.807) is 0 Å². The summed E-state index contributed by atoms with van der Waals surface area (Å²) >= 11 is 0. The van der Waals surface area contributed by atoms with E-state index in [-0.39, 0.29) is 36.1 Å². The molecule has 0 unspecified atom stereocenters. The number of carbonyl (C=O) groups excluding carboxylic acids is 1. The van der Waals surface area contributed by atoms with Gasteiger partial charge in [0.25, 0.3) is 0 Å². The average molecular weight is 315 g/mol. The largest absolute Gasteiger partial charge is 1.00 e. The van der Waals surface area contributed by atoms with Crippen molar-refractivity contribution in [2.75, 3.05) is 13.1 Å². The van der Waals surface area contributed by atoms with E-state index >= 15 is 0 Å². The first-order valence-electron chi connectivity index (χ1n) is 7.05. The zero-order valence-electron chi connectivity index (χ0n) is 12.9. The molecule has 0 saturated heterocycles. The van der Waals surface area contributed by atoms with E-state index in [0.29, 0.717) is 6.54 Å². The van der Waals surface area contributed by atoms with Crippen LogP contribution in [0.2, 0.25) is 0 Å². The van der Waals surface area contributed by atoms with Crippen molar-refractivity contribution >= 4 is 5.97 Å². The van der Waals surface area contributed by atoms with Crippen LogP contribution in [0.3, 0.4) is 0 Å². The van der Waals surface area contributed by atoms with Crippen molar-refractivity contribution in [1.82, 2.24) is 5.32 Å². The van der Waals surface area contributed by atoms with Crippen LogP contribution in [0.4, 0.5) is 0 Å². The number of carbonyl (C=O) groups is 1. The third-order valence-corrected chi connectivity index (χ3v) is 3.12. The summed E-state index contributed by atoms with van der Waals surface area (Å²) in [5.74, 6) is -1.90. The van der Waals surface area contributed by atoms with Gasteiger partial charge in [-0.2, -0.15) is 0 Å². The maximum Gasteiger partial charge on any atom is 1.00 e. The van der Waals surface area contributed by atoms with Gasteiger partial charge in [-0.1, -0.05) is 32.6 Å². The summed E-state index contributed by atoms with van der Waals surface area (Å²) in [5, 5.41) is 50.6. The number of aliphatic carboxylic acids is 1. The van der Waals surface area contributed by atoms with Crippen molar-refractivity contribution in [2.24, 2.45) is 0 Å². The minimum atomic E-state index is -2.23. The average Bonchev–Trinajstić information content (AvgIpc) is 2.43. The fourth-order valence-corrected chi connectivity index (χ4v) is 1.78. The Morgan fingerprint density at radius 3 is 2.14 bits per heavy atom. The molecule has 4 atom stereocenters. The van der Waals surface area contributed by atoms with Crippen molar-refractivity contribution < 1.29 is 59.9 Å². The number of carboxylic acids is 1. The third-order valence-electron chi connectivity index (χ3n) is 3.12. The molecule has 8 heteroatoms. The predicted molar refractivity (Wildman–Crippen MR) is 70.7 cm³/mol. The van der Waals surface area contributed by atoms with Gasteiger partial charge in [-0.05, 0) is 13.0 Å². The molecule has 0 aliphatic rings. The minimum Gasteiger partial charge on any atom is -0.547 e. The fraction of sp³-hybridized carbons (Fsp3) is 0.923. The zero-order valence-corrected chi connectivity index (χ0v) is 14.9. The smallest absolute Gasteiger partial charge is 0.547 e. The first-order chi connectivity index (χ1) is 9.41. The van der Waals surface area contributed by atoms with Gasteiger partial charge in [-0.3, -0.25) is 0 Å². The molecule has 0 rings (SSSR count). The quantitative estimate of drug-likeness (QED) is 0.179. The molecular formula is C13H26NNaO6. The Balaban J connectivity index is 0. The summed E-state index contributed by atoms with van der Waals surface area (Å²) in [6.07, 6.45) is -1.82. The molecule has 0 fully saturated rings. The Morgan fingerprint density at radius 1 is 1.05 bits per heavy atom. The SMILES string of the molecule is CCCCCCCNC[C@H](O)[C@@H](O)[C@H](O)[C@H](O)C(=O)[O-].[Na+]. The van der Waals surface area contributed by atoms with E-state index in [4.69, 9.17) is 5.11 Å². The van der Waals surface area contributed by atoms with E-state index in [0.717, 1.165) is 25.7 Å². The van der Waals surface area contributed by atoms with Crippen LogP contribution in [0.5, 0.6) is 0 Å². The fourth-order valence-electron chi connectivity index (χ4n) is 1.78. The van der Waals surface area contributed by atoms with Crippen LogP contribution in [-0.2, 0) is 4.79 Å². The minimum absolute atomic E-state index is 0. The molecule has 0 aliphatic heterocycles. The molecule has 120 valence electrons. The van der Waals surface area contributed by atoms with Crippen molar-refractivity contribution in [3.8, 4) is 0 Å². The molecule has 0 aromatic heterocycles. The Hall–Kier alpha value is 0.270. The topological polar surface area (TPSA) is 133 Å². The second kappa shape index (κ2) is 13.9. The first-order valence-corrected chi connectivity index (χ1v) is 7.05. The van der Waals surface area contributed by atoms with Crippen molar-refractivity contribution in [1.29, 1.82) is 0 Å². The molecule has 0 aromatic carbocycles. The molecule has 0 radical (unpaired) electrons. The van der Waals surface area contributed by atoms with Gasteiger partial charge >= 0.3 is 29.6 Å². The Labute approximate surface area is 147 Å². The second-order valence-electron chi connectivity index (χ2n) is 4.93. The summed E-state index contributed by atoms with van der Waals surface area (Å²) in [6.45, 7) is 2.79.